The summed E-state index contributed by atoms with van der Waals surface area (Å²) in [6.45, 7) is 2.17. The van der Waals surface area contributed by atoms with Crippen LogP contribution in [-0.4, -0.2) is 55.3 Å². The number of nitrogens with one attached hydrogen (secondary N) is 1. The zero-order valence-corrected chi connectivity index (χ0v) is 15.4. The first-order chi connectivity index (χ1) is 13.5. The third kappa shape index (κ3) is 3.32. The van der Waals surface area contributed by atoms with E-state index in [4.69, 9.17) is 0 Å². The summed E-state index contributed by atoms with van der Waals surface area (Å²) < 4.78 is 1.40. The lowest BCUT2D eigenvalue weighted by Crippen LogP contribution is -2.46. The Hall–Kier alpha value is -3.30. The number of aromatic nitrogens is 3. The van der Waals surface area contributed by atoms with Crippen LogP contribution in [0.1, 0.15) is 41.9 Å². The summed E-state index contributed by atoms with van der Waals surface area (Å²) in [7, 11) is 0. The van der Waals surface area contributed by atoms with Gasteiger partial charge in [-0.1, -0.05) is 11.3 Å². The number of nitro benzene ring substituents is 1. The van der Waals surface area contributed by atoms with Crippen molar-refractivity contribution in [1.82, 2.24) is 25.2 Å². The first kappa shape index (κ1) is 18.1. The molecule has 10 nitrogen and oxygen atoms in total. The molecule has 2 heterocycles. The molecular formula is C18H20N6O4. The van der Waals surface area contributed by atoms with Gasteiger partial charge >= 0.3 is 0 Å². The number of benzene rings is 1. The van der Waals surface area contributed by atoms with Crippen molar-refractivity contribution in [3.63, 3.8) is 0 Å². The molecule has 1 aromatic carbocycles. The predicted molar refractivity (Wildman–Crippen MR) is 98.0 cm³/mol. The van der Waals surface area contributed by atoms with Gasteiger partial charge in [-0.3, -0.25) is 19.7 Å². The standard InChI is InChI=1S/C18H20N6O4/c1-11-16(20-21-23(11)13-4-2-5-14(10-13)24(27)28)18(26)22-9-3-6-15(22)17(25)19-12-7-8-12/h2,4-5,10,12,15H,3,6-9H2,1H3,(H,19,25). The summed E-state index contributed by atoms with van der Waals surface area (Å²) in [5, 5.41) is 22.0. The SMILES string of the molecule is Cc1c(C(=O)N2CCCC2C(=O)NC2CC2)nnn1-c1cccc([N+](=O)[O-])c1. The van der Waals surface area contributed by atoms with Crippen LogP contribution in [0.3, 0.4) is 0 Å². The molecule has 2 amide bonds. The van der Waals surface area contributed by atoms with Gasteiger partial charge in [-0.25, -0.2) is 4.68 Å². The van der Waals surface area contributed by atoms with Gasteiger partial charge in [-0.05, 0) is 38.7 Å². The molecule has 1 saturated carbocycles. The molecule has 1 aliphatic carbocycles. The monoisotopic (exact) mass is 384 g/mol. The topological polar surface area (TPSA) is 123 Å². The van der Waals surface area contributed by atoms with Crippen LogP contribution < -0.4 is 5.32 Å². The Bertz CT molecular complexity index is 951. The normalized spacial score (nSPS) is 18.9. The van der Waals surface area contributed by atoms with Gasteiger partial charge in [0.1, 0.15) is 6.04 Å². The molecule has 0 spiro atoms. The zero-order valence-electron chi connectivity index (χ0n) is 15.4. The van der Waals surface area contributed by atoms with E-state index in [1.807, 2.05) is 0 Å². The van der Waals surface area contributed by atoms with E-state index in [0.29, 0.717) is 24.3 Å². The lowest BCUT2D eigenvalue weighted by atomic mass is 10.2. The molecule has 1 N–H and O–H groups in total. The highest BCUT2D eigenvalue weighted by Crippen LogP contribution is 2.25. The Morgan fingerprint density at radius 2 is 2.07 bits per heavy atom. The Labute approximate surface area is 160 Å². The van der Waals surface area contributed by atoms with Crippen LogP contribution in [0.2, 0.25) is 0 Å². The van der Waals surface area contributed by atoms with Crippen LogP contribution in [-0.2, 0) is 4.79 Å². The fraction of sp³-hybridized carbons (Fsp3) is 0.444. The Morgan fingerprint density at radius 3 is 2.79 bits per heavy atom. The molecule has 28 heavy (non-hydrogen) atoms. The maximum Gasteiger partial charge on any atom is 0.277 e. The van der Waals surface area contributed by atoms with Gasteiger partial charge in [0.15, 0.2) is 5.69 Å². The number of amides is 2. The van der Waals surface area contributed by atoms with Crippen molar-refractivity contribution in [3.8, 4) is 5.69 Å². The quantitative estimate of drug-likeness (QED) is 0.613. The molecule has 4 rings (SSSR count). The smallest absolute Gasteiger partial charge is 0.277 e. The molecule has 10 heteroatoms. The second kappa shape index (κ2) is 7.02. The lowest BCUT2D eigenvalue weighted by Gasteiger charge is -2.23. The average molecular weight is 384 g/mol. The van der Waals surface area contributed by atoms with Crippen molar-refractivity contribution in [2.24, 2.45) is 0 Å². The molecule has 1 saturated heterocycles. The lowest BCUT2D eigenvalue weighted by molar-refractivity contribution is -0.384. The number of nitro groups is 1. The summed E-state index contributed by atoms with van der Waals surface area (Å²) in [6.07, 6.45) is 3.36. The summed E-state index contributed by atoms with van der Waals surface area (Å²) in [5.41, 5.74) is 0.996. The first-order valence-electron chi connectivity index (χ1n) is 9.24. The maximum absolute atomic E-state index is 13.0. The molecular weight excluding hydrogens is 364 g/mol. The van der Waals surface area contributed by atoms with Gasteiger partial charge in [0.05, 0.1) is 16.3 Å². The fourth-order valence-electron chi connectivity index (χ4n) is 3.45. The zero-order chi connectivity index (χ0) is 19.8. The van der Waals surface area contributed by atoms with Crippen molar-refractivity contribution in [2.75, 3.05) is 6.54 Å². The molecule has 2 fully saturated rings. The molecule has 2 aliphatic rings. The van der Waals surface area contributed by atoms with Crippen LogP contribution in [0.25, 0.3) is 5.69 Å². The van der Waals surface area contributed by atoms with Gasteiger partial charge in [-0.2, -0.15) is 0 Å². The van der Waals surface area contributed by atoms with Crippen molar-refractivity contribution in [1.29, 1.82) is 0 Å². The largest absolute Gasteiger partial charge is 0.352 e. The highest BCUT2D eigenvalue weighted by molar-refractivity contribution is 5.97. The number of hydrogen-bond acceptors (Lipinski definition) is 6. The van der Waals surface area contributed by atoms with E-state index in [-0.39, 0.29) is 29.2 Å². The number of carbonyl (C=O) groups excluding carboxylic acids is 2. The Balaban J connectivity index is 1.58. The summed E-state index contributed by atoms with van der Waals surface area (Å²) in [6, 6.07) is 5.71. The molecule has 146 valence electrons. The third-order valence-corrected chi connectivity index (χ3v) is 5.12. The molecule has 0 bridgehead atoms. The minimum atomic E-state index is -0.491. The minimum absolute atomic E-state index is 0.0726. The number of nitrogens with zero attached hydrogens (tertiary/aromatic N) is 5. The summed E-state index contributed by atoms with van der Waals surface area (Å²) >= 11 is 0. The van der Waals surface area contributed by atoms with Crippen molar-refractivity contribution >= 4 is 17.5 Å². The number of likely N-dealkylation sites (tertiary alicyclic amines) is 1. The highest BCUT2D eigenvalue weighted by Gasteiger charge is 2.38. The average Bonchev–Trinajstić information content (AvgIpc) is 3.20. The van der Waals surface area contributed by atoms with E-state index in [9.17, 15) is 19.7 Å². The van der Waals surface area contributed by atoms with E-state index in [1.54, 1.807) is 24.0 Å². The molecule has 1 unspecified atom stereocenters. The van der Waals surface area contributed by atoms with E-state index in [1.165, 1.54) is 16.8 Å². The van der Waals surface area contributed by atoms with Gasteiger partial charge in [0.25, 0.3) is 11.6 Å². The van der Waals surface area contributed by atoms with Crippen molar-refractivity contribution in [2.45, 2.75) is 44.7 Å². The number of non-ortho nitro benzene ring substituents is 1. The highest BCUT2D eigenvalue weighted by atomic mass is 16.6. The van der Waals surface area contributed by atoms with Crippen LogP contribution in [0.15, 0.2) is 24.3 Å². The molecule has 1 atom stereocenters. The van der Waals surface area contributed by atoms with Gasteiger partial charge in [0.2, 0.25) is 5.91 Å². The summed E-state index contributed by atoms with van der Waals surface area (Å²) in [4.78, 5) is 37.5. The van der Waals surface area contributed by atoms with E-state index in [0.717, 1.165) is 19.3 Å². The maximum atomic E-state index is 13.0. The second-order valence-electron chi connectivity index (χ2n) is 7.15. The Kier molecular flexibility index (Phi) is 4.54. The number of carbonyl (C=O) groups is 2. The van der Waals surface area contributed by atoms with E-state index in [2.05, 4.69) is 15.6 Å². The molecule has 1 aliphatic heterocycles. The number of rotatable bonds is 5. The molecule has 1 aromatic heterocycles. The van der Waals surface area contributed by atoms with Gasteiger partial charge in [-0.15, -0.1) is 5.10 Å². The number of hydrogen-bond donors (Lipinski definition) is 1. The first-order valence-corrected chi connectivity index (χ1v) is 9.24. The van der Waals surface area contributed by atoms with Crippen molar-refractivity contribution < 1.29 is 14.5 Å². The Morgan fingerprint density at radius 1 is 1.29 bits per heavy atom. The van der Waals surface area contributed by atoms with Crippen LogP contribution in [0, 0.1) is 17.0 Å². The van der Waals surface area contributed by atoms with Crippen molar-refractivity contribution in [3.05, 3.63) is 45.8 Å². The van der Waals surface area contributed by atoms with E-state index < -0.39 is 11.0 Å². The van der Waals surface area contributed by atoms with Gasteiger partial charge in [0, 0.05) is 24.7 Å². The minimum Gasteiger partial charge on any atom is -0.352 e. The van der Waals surface area contributed by atoms with E-state index >= 15 is 0 Å². The third-order valence-electron chi connectivity index (χ3n) is 5.12. The molecule has 0 radical (unpaired) electrons. The predicted octanol–water partition coefficient (Wildman–Crippen LogP) is 1.37. The van der Waals surface area contributed by atoms with Gasteiger partial charge < -0.3 is 10.2 Å². The summed E-state index contributed by atoms with van der Waals surface area (Å²) in [5.74, 6) is -0.459. The second-order valence-corrected chi connectivity index (χ2v) is 7.15. The molecule has 2 aromatic rings. The fourth-order valence-corrected chi connectivity index (χ4v) is 3.45. The van der Waals surface area contributed by atoms with Crippen LogP contribution in [0.5, 0.6) is 0 Å². The van der Waals surface area contributed by atoms with Crippen LogP contribution in [0.4, 0.5) is 5.69 Å². The van der Waals surface area contributed by atoms with Crippen LogP contribution >= 0.6 is 0 Å².